The first-order chi connectivity index (χ1) is 10.1. The highest BCUT2D eigenvalue weighted by molar-refractivity contribution is 9.10. The van der Waals surface area contributed by atoms with E-state index in [9.17, 15) is 0 Å². The molecule has 0 fully saturated rings. The van der Waals surface area contributed by atoms with Crippen molar-refractivity contribution < 1.29 is 4.74 Å². The first-order valence-electron chi connectivity index (χ1n) is 6.97. The summed E-state index contributed by atoms with van der Waals surface area (Å²) in [6.07, 6.45) is 0.720. The molecule has 0 spiro atoms. The van der Waals surface area contributed by atoms with Gasteiger partial charge in [-0.15, -0.1) is 0 Å². The Morgan fingerprint density at radius 2 is 1.90 bits per heavy atom. The molecule has 0 heterocycles. The van der Waals surface area contributed by atoms with Crippen LogP contribution in [-0.4, -0.2) is 6.04 Å². The Morgan fingerprint density at radius 1 is 1.19 bits per heavy atom. The predicted octanol–water partition coefficient (Wildman–Crippen LogP) is 5.10. The molecule has 21 heavy (non-hydrogen) atoms. The Bertz CT molecular complexity index is 573. The van der Waals surface area contributed by atoms with Gasteiger partial charge in [-0.1, -0.05) is 58.7 Å². The van der Waals surface area contributed by atoms with E-state index in [1.165, 1.54) is 0 Å². The summed E-state index contributed by atoms with van der Waals surface area (Å²) in [5.74, 6) is 0. The Kier molecular flexibility index (Phi) is 6.24. The van der Waals surface area contributed by atoms with Gasteiger partial charge >= 0.3 is 0 Å². The van der Waals surface area contributed by atoms with Crippen molar-refractivity contribution >= 4 is 27.5 Å². The largest absolute Gasteiger partial charge is 0.367 e. The van der Waals surface area contributed by atoms with Gasteiger partial charge < -0.3 is 10.5 Å². The molecule has 2 N–H and O–H groups in total. The van der Waals surface area contributed by atoms with Crippen LogP contribution in [-0.2, 0) is 11.3 Å². The minimum Gasteiger partial charge on any atom is -0.367 e. The molecule has 0 bridgehead atoms. The van der Waals surface area contributed by atoms with Crippen molar-refractivity contribution in [1.82, 2.24) is 0 Å². The van der Waals surface area contributed by atoms with Crippen LogP contribution in [0.1, 0.15) is 30.6 Å². The van der Waals surface area contributed by atoms with Crippen molar-refractivity contribution in [3.63, 3.8) is 0 Å². The van der Waals surface area contributed by atoms with Gasteiger partial charge in [-0.2, -0.15) is 0 Å². The topological polar surface area (TPSA) is 35.2 Å². The van der Waals surface area contributed by atoms with E-state index < -0.39 is 0 Å². The molecule has 0 aliphatic heterocycles. The van der Waals surface area contributed by atoms with Crippen molar-refractivity contribution in [1.29, 1.82) is 0 Å². The van der Waals surface area contributed by atoms with Crippen molar-refractivity contribution in [3.8, 4) is 0 Å². The summed E-state index contributed by atoms with van der Waals surface area (Å²) in [4.78, 5) is 0. The standard InChI is InChI=1S/C17H19BrClNO/c1-2-16(20)17(13-6-8-15(19)9-7-13)21-11-12-4-3-5-14(18)10-12/h3-10,16-17H,2,11,20H2,1H3. The van der Waals surface area contributed by atoms with E-state index in [0.717, 1.165) is 27.0 Å². The van der Waals surface area contributed by atoms with E-state index in [-0.39, 0.29) is 12.1 Å². The molecule has 2 aromatic rings. The van der Waals surface area contributed by atoms with E-state index in [1.807, 2.05) is 42.5 Å². The molecular weight excluding hydrogens is 350 g/mol. The second kappa shape index (κ2) is 7.95. The van der Waals surface area contributed by atoms with Gasteiger partial charge in [-0.25, -0.2) is 0 Å². The molecule has 0 aliphatic carbocycles. The van der Waals surface area contributed by atoms with E-state index in [0.29, 0.717) is 6.61 Å². The third-order valence-electron chi connectivity index (χ3n) is 3.38. The average molecular weight is 369 g/mol. The number of hydrogen-bond donors (Lipinski definition) is 1. The third kappa shape index (κ3) is 4.82. The Balaban J connectivity index is 2.11. The molecule has 0 aromatic heterocycles. The summed E-state index contributed by atoms with van der Waals surface area (Å²) in [6.45, 7) is 2.59. The number of ether oxygens (including phenoxy) is 1. The van der Waals surface area contributed by atoms with Crippen LogP contribution in [0.5, 0.6) is 0 Å². The maximum absolute atomic E-state index is 6.21. The number of halogens is 2. The fourth-order valence-electron chi connectivity index (χ4n) is 2.15. The molecule has 2 nitrogen and oxygen atoms in total. The van der Waals surface area contributed by atoms with Crippen molar-refractivity contribution in [2.45, 2.75) is 32.1 Å². The second-order valence-electron chi connectivity index (χ2n) is 4.99. The van der Waals surface area contributed by atoms with Crippen molar-refractivity contribution in [2.24, 2.45) is 5.73 Å². The van der Waals surface area contributed by atoms with Gasteiger partial charge in [0.2, 0.25) is 0 Å². The summed E-state index contributed by atoms with van der Waals surface area (Å²) < 4.78 is 7.12. The van der Waals surface area contributed by atoms with Crippen LogP contribution in [0, 0.1) is 0 Å². The second-order valence-corrected chi connectivity index (χ2v) is 6.34. The number of nitrogens with two attached hydrogens (primary N) is 1. The van der Waals surface area contributed by atoms with Crippen LogP contribution in [0.15, 0.2) is 53.0 Å². The van der Waals surface area contributed by atoms with Gasteiger partial charge in [-0.05, 0) is 41.8 Å². The summed E-state index contributed by atoms with van der Waals surface area (Å²) in [5.41, 5.74) is 8.39. The fourth-order valence-corrected chi connectivity index (χ4v) is 2.72. The lowest BCUT2D eigenvalue weighted by Gasteiger charge is -2.24. The zero-order chi connectivity index (χ0) is 15.2. The maximum Gasteiger partial charge on any atom is 0.0980 e. The quantitative estimate of drug-likeness (QED) is 0.770. The highest BCUT2D eigenvalue weighted by atomic mass is 79.9. The molecule has 2 atom stereocenters. The lowest BCUT2D eigenvalue weighted by molar-refractivity contribution is 0.0212. The third-order valence-corrected chi connectivity index (χ3v) is 4.12. The lowest BCUT2D eigenvalue weighted by atomic mass is 10.0. The lowest BCUT2D eigenvalue weighted by Crippen LogP contribution is -2.29. The predicted molar refractivity (Wildman–Crippen MR) is 91.4 cm³/mol. The normalized spacial score (nSPS) is 13.9. The highest BCUT2D eigenvalue weighted by Crippen LogP contribution is 2.25. The minimum atomic E-state index is -0.133. The SMILES string of the molecule is CCC(N)C(OCc1cccc(Br)c1)c1ccc(Cl)cc1. The number of hydrogen-bond acceptors (Lipinski definition) is 2. The number of benzene rings is 2. The van der Waals surface area contributed by atoms with Gasteiger partial charge in [0.15, 0.2) is 0 Å². The van der Waals surface area contributed by atoms with Gasteiger partial charge in [0, 0.05) is 15.5 Å². The van der Waals surface area contributed by atoms with E-state index in [1.54, 1.807) is 0 Å². The first-order valence-corrected chi connectivity index (χ1v) is 8.14. The fraction of sp³-hybridized carbons (Fsp3) is 0.294. The van der Waals surface area contributed by atoms with Gasteiger partial charge in [0.25, 0.3) is 0 Å². The van der Waals surface area contributed by atoms with Gasteiger partial charge in [0.05, 0.1) is 12.7 Å². The van der Waals surface area contributed by atoms with E-state index in [2.05, 4.69) is 28.9 Å². The Hall–Kier alpha value is -0.870. The van der Waals surface area contributed by atoms with Crippen LogP contribution in [0.2, 0.25) is 5.02 Å². The van der Waals surface area contributed by atoms with Gasteiger partial charge in [0.1, 0.15) is 0 Å². The highest BCUT2D eigenvalue weighted by Gasteiger charge is 2.19. The van der Waals surface area contributed by atoms with Crippen LogP contribution in [0.3, 0.4) is 0 Å². The smallest absolute Gasteiger partial charge is 0.0980 e. The zero-order valence-corrected chi connectivity index (χ0v) is 14.3. The van der Waals surface area contributed by atoms with Crippen molar-refractivity contribution in [3.05, 3.63) is 69.2 Å². The van der Waals surface area contributed by atoms with Gasteiger partial charge in [-0.3, -0.25) is 0 Å². The van der Waals surface area contributed by atoms with Crippen LogP contribution < -0.4 is 5.73 Å². The number of rotatable bonds is 6. The Morgan fingerprint density at radius 3 is 2.52 bits per heavy atom. The maximum atomic E-state index is 6.21. The first kappa shape index (κ1) is 16.5. The molecule has 0 amide bonds. The Labute approximate surface area is 139 Å². The van der Waals surface area contributed by atoms with Crippen LogP contribution in [0.4, 0.5) is 0 Å². The van der Waals surface area contributed by atoms with Crippen LogP contribution in [0.25, 0.3) is 0 Å². The molecule has 2 rings (SSSR count). The molecule has 2 unspecified atom stereocenters. The summed E-state index contributed by atoms with van der Waals surface area (Å²) in [5, 5.41) is 0.717. The monoisotopic (exact) mass is 367 g/mol. The molecule has 2 aromatic carbocycles. The zero-order valence-electron chi connectivity index (χ0n) is 11.9. The summed E-state index contributed by atoms with van der Waals surface area (Å²) in [6, 6.07) is 15.7. The van der Waals surface area contributed by atoms with E-state index in [4.69, 9.17) is 22.1 Å². The molecule has 0 aliphatic rings. The molecule has 4 heteroatoms. The summed E-state index contributed by atoms with van der Waals surface area (Å²) in [7, 11) is 0. The summed E-state index contributed by atoms with van der Waals surface area (Å²) >= 11 is 9.41. The average Bonchev–Trinajstić information content (AvgIpc) is 2.49. The molecular formula is C17H19BrClNO. The van der Waals surface area contributed by atoms with Crippen LogP contribution >= 0.6 is 27.5 Å². The molecule has 0 saturated heterocycles. The molecule has 0 radical (unpaired) electrons. The molecule has 112 valence electrons. The van der Waals surface area contributed by atoms with Crippen molar-refractivity contribution in [2.75, 3.05) is 0 Å². The van der Waals surface area contributed by atoms with E-state index >= 15 is 0 Å². The molecule has 0 saturated carbocycles. The minimum absolute atomic E-state index is 0.0432.